The van der Waals surface area contributed by atoms with Crippen molar-refractivity contribution < 1.29 is 18.0 Å². The van der Waals surface area contributed by atoms with Gasteiger partial charge < -0.3 is 4.90 Å². The fourth-order valence-corrected chi connectivity index (χ4v) is 3.67. The van der Waals surface area contributed by atoms with E-state index in [1.807, 2.05) is 0 Å². The first-order valence-electron chi connectivity index (χ1n) is 6.01. The fourth-order valence-electron chi connectivity index (χ4n) is 2.18. The van der Waals surface area contributed by atoms with E-state index in [1.54, 1.807) is 6.92 Å². The van der Waals surface area contributed by atoms with Crippen LogP contribution in [0.15, 0.2) is 23.1 Å². The number of Topliss-reactive ketones (excluding diaryl/α,β-unsaturated/α-hetero) is 1. The highest BCUT2D eigenvalue weighted by atomic mass is 32.2. The molecular weight excluding hydrogens is 266 g/mol. The van der Waals surface area contributed by atoms with Crippen LogP contribution in [0.5, 0.6) is 0 Å². The second-order valence-corrected chi connectivity index (χ2v) is 6.75. The molecule has 1 aliphatic heterocycles. The van der Waals surface area contributed by atoms with E-state index in [4.69, 9.17) is 0 Å². The fraction of sp³-hybridized carbons (Fsp3) is 0.385. The van der Waals surface area contributed by atoms with Crippen molar-refractivity contribution in [2.75, 3.05) is 11.4 Å². The van der Waals surface area contributed by atoms with Crippen LogP contribution in [0.1, 0.15) is 31.1 Å². The normalized spacial score (nSPS) is 21.1. The van der Waals surface area contributed by atoms with E-state index in [0.717, 1.165) is 0 Å². The number of hydrogen-bond acceptors (Lipinski definition) is 4. The first-order chi connectivity index (χ1) is 8.80. The molecule has 0 aliphatic carbocycles. The van der Waals surface area contributed by atoms with E-state index in [2.05, 4.69) is 0 Å². The lowest BCUT2D eigenvalue weighted by molar-refractivity contribution is -0.118. The topological polar surface area (TPSA) is 71.5 Å². The van der Waals surface area contributed by atoms with Crippen LogP contribution < -0.4 is 4.90 Å². The van der Waals surface area contributed by atoms with Gasteiger partial charge in [-0.1, -0.05) is 0 Å². The van der Waals surface area contributed by atoms with Crippen LogP contribution in [0, 0.1) is 0 Å². The van der Waals surface area contributed by atoms with Crippen LogP contribution >= 0.6 is 0 Å². The first kappa shape index (κ1) is 13.7. The lowest BCUT2D eigenvalue weighted by atomic mass is 10.1. The summed E-state index contributed by atoms with van der Waals surface area (Å²) >= 11 is 0. The molecule has 1 aromatic carbocycles. The number of ketones is 1. The molecule has 0 saturated carbocycles. The summed E-state index contributed by atoms with van der Waals surface area (Å²) in [5.41, 5.74) is 0.702. The average Bonchev–Trinajstić information content (AvgIpc) is 2.36. The summed E-state index contributed by atoms with van der Waals surface area (Å²) in [4.78, 5) is 25.0. The maximum atomic E-state index is 12.2. The minimum atomic E-state index is -3.66. The Hall–Kier alpha value is -1.69. The molecule has 1 heterocycles. The lowest BCUT2D eigenvalue weighted by Crippen LogP contribution is -2.46. The van der Waals surface area contributed by atoms with Gasteiger partial charge in [-0.3, -0.25) is 9.59 Å². The quantitative estimate of drug-likeness (QED) is 0.769. The van der Waals surface area contributed by atoms with Crippen LogP contribution in [-0.4, -0.2) is 31.9 Å². The molecule has 1 unspecified atom stereocenters. The number of benzene rings is 1. The zero-order chi connectivity index (χ0) is 14.4. The Morgan fingerprint density at radius 2 is 2.00 bits per heavy atom. The van der Waals surface area contributed by atoms with Gasteiger partial charge in [0.1, 0.15) is 5.25 Å². The van der Waals surface area contributed by atoms with Crippen LogP contribution in [0.2, 0.25) is 0 Å². The molecule has 1 aromatic rings. The lowest BCUT2D eigenvalue weighted by Gasteiger charge is -2.32. The van der Waals surface area contributed by atoms with Gasteiger partial charge in [-0.05, 0) is 39.0 Å². The number of rotatable bonds is 2. The summed E-state index contributed by atoms with van der Waals surface area (Å²) < 4.78 is 24.4. The Morgan fingerprint density at radius 3 is 2.53 bits per heavy atom. The number of anilines is 1. The van der Waals surface area contributed by atoms with Gasteiger partial charge in [-0.25, -0.2) is 8.42 Å². The average molecular weight is 281 g/mol. The van der Waals surface area contributed by atoms with Crippen molar-refractivity contribution in [1.29, 1.82) is 0 Å². The number of carbonyl (C=O) groups excluding carboxylic acids is 2. The van der Waals surface area contributed by atoms with Gasteiger partial charge in [0.05, 0.1) is 10.6 Å². The zero-order valence-corrected chi connectivity index (χ0v) is 11.8. The number of carbonyl (C=O) groups is 2. The van der Waals surface area contributed by atoms with Crippen molar-refractivity contribution in [3.8, 4) is 0 Å². The summed E-state index contributed by atoms with van der Waals surface area (Å²) in [6, 6.07) is 4.37. The van der Waals surface area contributed by atoms with Gasteiger partial charge in [0.2, 0.25) is 5.91 Å². The molecule has 1 aliphatic rings. The minimum Gasteiger partial charge on any atom is -0.310 e. The highest BCUT2D eigenvalue weighted by molar-refractivity contribution is 7.93. The third kappa shape index (κ3) is 1.96. The molecule has 0 bridgehead atoms. The van der Waals surface area contributed by atoms with Crippen molar-refractivity contribution in [1.82, 2.24) is 0 Å². The molecule has 0 fully saturated rings. The van der Waals surface area contributed by atoms with Gasteiger partial charge in [0.15, 0.2) is 15.6 Å². The zero-order valence-electron chi connectivity index (χ0n) is 11.0. The number of nitrogens with zero attached hydrogens (tertiary/aromatic N) is 1. The molecule has 0 radical (unpaired) electrons. The largest absolute Gasteiger partial charge is 0.310 e. The molecule has 0 N–H and O–H groups in total. The number of sulfone groups is 1. The molecule has 5 nitrogen and oxygen atoms in total. The van der Waals surface area contributed by atoms with Crippen molar-refractivity contribution in [2.24, 2.45) is 0 Å². The Labute approximate surface area is 112 Å². The Morgan fingerprint density at radius 1 is 1.37 bits per heavy atom. The van der Waals surface area contributed by atoms with Crippen molar-refractivity contribution in [2.45, 2.75) is 30.9 Å². The van der Waals surface area contributed by atoms with E-state index >= 15 is 0 Å². The predicted molar refractivity (Wildman–Crippen MR) is 71.1 cm³/mol. The molecule has 1 amide bonds. The van der Waals surface area contributed by atoms with Gasteiger partial charge >= 0.3 is 0 Å². The SMILES string of the molecule is CCN1C(=O)C(C)S(=O)(=O)c2ccc(C(C)=O)cc21. The van der Waals surface area contributed by atoms with E-state index in [1.165, 1.54) is 36.9 Å². The maximum Gasteiger partial charge on any atom is 0.245 e. The Balaban J connectivity index is 2.75. The smallest absolute Gasteiger partial charge is 0.245 e. The van der Waals surface area contributed by atoms with Crippen molar-refractivity contribution in [3.05, 3.63) is 23.8 Å². The molecule has 0 spiro atoms. The molecule has 2 rings (SSSR count). The van der Waals surface area contributed by atoms with Gasteiger partial charge in [-0.2, -0.15) is 0 Å². The van der Waals surface area contributed by atoms with Crippen LogP contribution in [0.4, 0.5) is 5.69 Å². The molecule has 0 saturated heterocycles. The second-order valence-electron chi connectivity index (χ2n) is 4.51. The van der Waals surface area contributed by atoms with Crippen LogP contribution in [0.25, 0.3) is 0 Å². The van der Waals surface area contributed by atoms with E-state index in [9.17, 15) is 18.0 Å². The maximum absolute atomic E-state index is 12.2. The van der Waals surface area contributed by atoms with Crippen molar-refractivity contribution >= 4 is 27.2 Å². The van der Waals surface area contributed by atoms with Crippen molar-refractivity contribution in [3.63, 3.8) is 0 Å². The monoisotopic (exact) mass is 281 g/mol. The van der Waals surface area contributed by atoms with Gasteiger partial charge in [0, 0.05) is 12.1 Å². The second kappa shape index (κ2) is 4.45. The third-order valence-electron chi connectivity index (χ3n) is 3.36. The molecular formula is C13H15NO4S. The molecule has 0 aromatic heterocycles. The predicted octanol–water partition coefficient (Wildman–Crippen LogP) is 1.42. The minimum absolute atomic E-state index is 0.117. The summed E-state index contributed by atoms with van der Waals surface area (Å²) in [5.74, 6) is -0.613. The van der Waals surface area contributed by atoms with Gasteiger partial charge in [-0.15, -0.1) is 0 Å². The summed E-state index contributed by atoms with van der Waals surface area (Å²) in [6.45, 7) is 4.93. The highest BCUT2D eigenvalue weighted by Gasteiger charge is 2.41. The van der Waals surface area contributed by atoms with E-state index < -0.39 is 21.0 Å². The van der Waals surface area contributed by atoms with Gasteiger partial charge in [0.25, 0.3) is 0 Å². The summed E-state index contributed by atoms with van der Waals surface area (Å²) in [6.07, 6.45) is 0. The number of fused-ring (bicyclic) bond motifs is 1. The van der Waals surface area contributed by atoms with Crippen LogP contribution in [0.3, 0.4) is 0 Å². The third-order valence-corrected chi connectivity index (χ3v) is 5.45. The standard InChI is InChI=1S/C13H15NO4S/c1-4-14-11-7-10(8(2)15)5-6-12(11)19(17,18)9(3)13(14)16/h5-7,9H,4H2,1-3H3. The Kier molecular flexibility index (Phi) is 3.22. The molecule has 102 valence electrons. The molecule has 1 atom stereocenters. The summed E-state index contributed by atoms with van der Waals surface area (Å²) in [5, 5.41) is -1.08. The van der Waals surface area contributed by atoms with E-state index in [-0.39, 0.29) is 10.7 Å². The molecule has 19 heavy (non-hydrogen) atoms. The Bertz CT molecular complexity index is 663. The number of hydrogen-bond donors (Lipinski definition) is 0. The first-order valence-corrected chi connectivity index (χ1v) is 7.55. The van der Waals surface area contributed by atoms with Crippen LogP contribution in [-0.2, 0) is 14.6 Å². The van der Waals surface area contributed by atoms with E-state index in [0.29, 0.717) is 17.8 Å². The summed E-state index contributed by atoms with van der Waals surface area (Å²) in [7, 11) is -3.66. The highest BCUT2D eigenvalue weighted by Crippen LogP contribution is 2.35. The molecule has 6 heteroatoms. The number of amides is 1.